The lowest BCUT2D eigenvalue weighted by atomic mass is 10.2. The lowest BCUT2D eigenvalue weighted by Gasteiger charge is -2.08. The molecular formula is C17H19N3OS. The van der Waals surface area contributed by atoms with E-state index >= 15 is 0 Å². The zero-order chi connectivity index (χ0) is 15.7. The quantitative estimate of drug-likeness (QED) is 0.786. The number of para-hydroxylation sites is 1. The first kappa shape index (κ1) is 14.8. The number of rotatable bonds is 4. The van der Waals surface area contributed by atoms with Crippen LogP contribution in [-0.2, 0) is 11.3 Å². The average Bonchev–Trinajstić information content (AvgIpc) is 3.05. The minimum atomic E-state index is -0.0471. The summed E-state index contributed by atoms with van der Waals surface area (Å²) in [5.41, 5.74) is 3.18. The molecule has 0 saturated carbocycles. The minimum Gasteiger partial charge on any atom is -0.335 e. The normalized spacial score (nSPS) is 11.3. The van der Waals surface area contributed by atoms with Gasteiger partial charge in [0.1, 0.15) is 6.54 Å². The molecule has 4 nitrogen and oxygen atoms in total. The van der Waals surface area contributed by atoms with Gasteiger partial charge < -0.3 is 9.88 Å². The predicted octanol–water partition coefficient (Wildman–Crippen LogP) is 4.17. The van der Waals surface area contributed by atoms with E-state index < -0.39 is 0 Å². The monoisotopic (exact) mass is 313 g/mol. The van der Waals surface area contributed by atoms with Crippen molar-refractivity contribution in [2.24, 2.45) is 0 Å². The Hall–Kier alpha value is -2.14. The molecule has 2 aromatic heterocycles. The van der Waals surface area contributed by atoms with Crippen LogP contribution in [0.2, 0.25) is 0 Å². The van der Waals surface area contributed by atoms with Gasteiger partial charge in [0, 0.05) is 16.6 Å². The van der Waals surface area contributed by atoms with E-state index in [9.17, 15) is 4.79 Å². The highest BCUT2D eigenvalue weighted by Gasteiger charge is 2.12. The van der Waals surface area contributed by atoms with Gasteiger partial charge in [-0.2, -0.15) is 0 Å². The van der Waals surface area contributed by atoms with Crippen LogP contribution in [0, 0.1) is 6.92 Å². The summed E-state index contributed by atoms with van der Waals surface area (Å²) in [6, 6.07) is 10.2. The van der Waals surface area contributed by atoms with Crippen LogP contribution >= 0.6 is 11.3 Å². The molecule has 0 atom stereocenters. The molecule has 22 heavy (non-hydrogen) atoms. The molecule has 0 spiro atoms. The molecule has 3 aromatic rings. The van der Waals surface area contributed by atoms with Crippen LogP contribution in [0.3, 0.4) is 0 Å². The fraction of sp³-hybridized carbons (Fsp3) is 0.294. The van der Waals surface area contributed by atoms with Crippen LogP contribution in [0.15, 0.2) is 35.7 Å². The first-order valence-electron chi connectivity index (χ1n) is 7.34. The summed E-state index contributed by atoms with van der Waals surface area (Å²) in [5.74, 6) is 0.326. The van der Waals surface area contributed by atoms with Crippen LogP contribution in [0.25, 0.3) is 10.9 Å². The van der Waals surface area contributed by atoms with Gasteiger partial charge in [0.05, 0.1) is 5.69 Å². The van der Waals surface area contributed by atoms with E-state index in [-0.39, 0.29) is 5.91 Å². The van der Waals surface area contributed by atoms with Crippen LogP contribution in [0.1, 0.15) is 31.2 Å². The van der Waals surface area contributed by atoms with Gasteiger partial charge in [0.15, 0.2) is 5.13 Å². The Bertz CT molecular complexity index is 816. The van der Waals surface area contributed by atoms with E-state index in [4.69, 9.17) is 0 Å². The first-order valence-corrected chi connectivity index (χ1v) is 8.22. The average molecular weight is 313 g/mol. The Morgan fingerprint density at radius 3 is 2.86 bits per heavy atom. The van der Waals surface area contributed by atoms with Crippen molar-refractivity contribution in [3.05, 3.63) is 47.1 Å². The van der Waals surface area contributed by atoms with E-state index in [0.29, 0.717) is 17.6 Å². The Kier molecular flexibility index (Phi) is 3.98. The lowest BCUT2D eigenvalue weighted by molar-refractivity contribution is -0.116. The molecule has 0 aliphatic heterocycles. The summed E-state index contributed by atoms with van der Waals surface area (Å²) in [5, 5.41) is 6.72. The molecule has 0 radical (unpaired) electrons. The molecule has 0 fully saturated rings. The van der Waals surface area contributed by atoms with Gasteiger partial charge in [0.25, 0.3) is 0 Å². The first-order chi connectivity index (χ1) is 10.5. The van der Waals surface area contributed by atoms with Gasteiger partial charge in [-0.25, -0.2) is 4.98 Å². The number of nitrogens with zero attached hydrogens (tertiary/aromatic N) is 2. The lowest BCUT2D eigenvalue weighted by Crippen LogP contribution is -2.19. The molecule has 1 N–H and O–H groups in total. The highest BCUT2D eigenvalue weighted by molar-refractivity contribution is 7.13. The van der Waals surface area contributed by atoms with Crippen LogP contribution in [0.5, 0.6) is 0 Å². The molecule has 114 valence electrons. The Balaban J connectivity index is 1.76. The fourth-order valence-corrected chi connectivity index (χ4v) is 3.36. The van der Waals surface area contributed by atoms with Crippen molar-refractivity contribution in [3.63, 3.8) is 0 Å². The zero-order valence-electron chi connectivity index (χ0n) is 13.0. The third-order valence-corrected chi connectivity index (χ3v) is 4.46. The van der Waals surface area contributed by atoms with Gasteiger partial charge in [0.2, 0.25) is 5.91 Å². The van der Waals surface area contributed by atoms with E-state index in [2.05, 4.69) is 36.3 Å². The van der Waals surface area contributed by atoms with Crippen molar-refractivity contribution >= 4 is 33.3 Å². The molecule has 0 aliphatic rings. The highest BCUT2D eigenvalue weighted by atomic mass is 32.1. The van der Waals surface area contributed by atoms with Crippen molar-refractivity contribution in [3.8, 4) is 0 Å². The fourth-order valence-electron chi connectivity index (χ4n) is 2.47. The van der Waals surface area contributed by atoms with E-state index in [1.165, 1.54) is 11.3 Å². The number of carbonyl (C=O) groups is 1. The van der Waals surface area contributed by atoms with Gasteiger partial charge in [-0.05, 0) is 30.4 Å². The van der Waals surface area contributed by atoms with E-state index in [1.54, 1.807) is 0 Å². The summed E-state index contributed by atoms with van der Waals surface area (Å²) in [7, 11) is 0. The van der Waals surface area contributed by atoms with Gasteiger partial charge >= 0.3 is 0 Å². The van der Waals surface area contributed by atoms with Gasteiger partial charge in [-0.1, -0.05) is 32.0 Å². The molecule has 3 rings (SSSR count). The Labute approximate surface area is 133 Å². The number of hydrogen-bond acceptors (Lipinski definition) is 3. The molecule has 1 aromatic carbocycles. The second-order valence-corrected chi connectivity index (χ2v) is 6.57. The standard InChI is InChI=1S/C17H19N3OS/c1-11(2)14-10-22-17(18-14)19-16(21)9-20-12(3)8-13-6-4-5-7-15(13)20/h4-8,10-11H,9H2,1-3H3,(H,18,19,21). The topological polar surface area (TPSA) is 46.9 Å². The molecule has 0 bridgehead atoms. The van der Waals surface area contributed by atoms with Crippen molar-refractivity contribution in [2.45, 2.75) is 33.2 Å². The number of nitrogens with one attached hydrogen (secondary N) is 1. The second kappa shape index (κ2) is 5.93. The number of hydrogen-bond donors (Lipinski definition) is 1. The number of carbonyl (C=O) groups excluding carboxylic acids is 1. The van der Waals surface area contributed by atoms with Crippen LogP contribution < -0.4 is 5.32 Å². The molecular weight excluding hydrogens is 294 g/mol. The summed E-state index contributed by atoms with van der Waals surface area (Å²) in [4.78, 5) is 16.7. The maximum Gasteiger partial charge on any atom is 0.246 e. The Morgan fingerprint density at radius 2 is 2.14 bits per heavy atom. The highest BCUT2D eigenvalue weighted by Crippen LogP contribution is 2.22. The van der Waals surface area contributed by atoms with E-state index in [1.807, 2.05) is 35.1 Å². The summed E-state index contributed by atoms with van der Waals surface area (Å²) >= 11 is 1.47. The smallest absolute Gasteiger partial charge is 0.246 e. The van der Waals surface area contributed by atoms with Crippen LogP contribution in [-0.4, -0.2) is 15.5 Å². The molecule has 2 heterocycles. The number of aryl methyl sites for hydroxylation is 1. The third-order valence-electron chi connectivity index (χ3n) is 3.68. The Morgan fingerprint density at radius 1 is 1.36 bits per heavy atom. The zero-order valence-corrected chi connectivity index (χ0v) is 13.8. The molecule has 5 heteroatoms. The maximum atomic E-state index is 12.3. The van der Waals surface area contributed by atoms with Gasteiger partial charge in [-0.3, -0.25) is 4.79 Å². The molecule has 1 amide bonds. The maximum absolute atomic E-state index is 12.3. The number of amides is 1. The molecule has 0 saturated heterocycles. The van der Waals surface area contributed by atoms with Crippen LogP contribution in [0.4, 0.5) is 5.13 Å². The number of anilines is 1. The minimum absolute atomic E-state index is 0.0471. The summed E-state index contributed by atoms with van der Waals surface area (Å²) in [6.45, 7) is 6.51. The largest absolute Gasteiger partial charge is 0.335 e. The number of benzene rings is 1. The molecule has 0 aliphatic carbocycles. The van der Waals surface area contributed by atoms with Crippen molar-refractivity contribution in [1.82, 2.24) is 9.55 Å². The van der Waals surface area contributed by atoms with Gasteiger partial charge in [-0.15, -0.1) is 11.3 Å². The number of fused-ring (bicyclic) bond motifs is 1. The van der Waals surface area contributed by atoms with Crippen molar-refractivity contribution < 1.29 is 4.79 Å². The molecule has 0 unspecified atom stereocenters. The van der Waals surface area contributed by atoms with Crippen molar-refractivity contribution in [2.75, 3.05) is 5.32 Å². The van der Waals surface area contributed by atoms with Crippen molar-refractivity contribution in [1.29, 1.82) is 0 Å². The summed E-state index contributed by atoms with van der Waals surface area (Å²) < 4.78 is 2.03. The SMILES string of the molecule is Cc1cc2ccccc2n1CC(=O)Nc1nc(C(C)C)cs1. The predicted molar refractivity (Wildman–Crippen MR) is 91.5 cm³/mol. The summed E-state index contributed by atoms with van der Waals surface area (Å²) in [6.07, 6.45) is 0. The second-order valence-electron chi connectivity index (χ2n) is 5.71. The number of thiazole rings is 1. The number of aromatic nitrogens is 2. The van der Waals surface area contributed by atoms with E-state index in [0.717, 1.165) is 22.3 Å². The third kappa shape index (κ3) is 2.90.